The van der Waals surface area contributed by atoms with Gasteiger partial charge in [-0.2, -0.15) is 0 Å². The van der Waals surface area contributed by atoms with Crippen LogP contribution in [0.2, 0.25) is 0 Å². The maximum Gasteiger partial charge on any atom is 0.138 e. The monoisotopic (exact) mass is 224 g/mol. The lowest BCUT2D eigenvalue weighted by molar-refractivity contribution is 0.144. The summed E-state index contributed by atoms with van der Waals surface area (Å²) >= 11 is 0. The number of nitrogens with zero attached hydrogens (tertiary/aromatic N) is 1. The van der Waals surface area contributed by atoms with E-state index in [1.807, 2.05) is 13.8 Å². The molecule has 1 unspecified atom stereocenters. The highest BCUT2D eigenvalue weighted by molar-refractivity contribution is 5.24. The molecule has 1 aromatic heterocycles. The second-order valence-corrected chi connectivity index (χ2v) is 4.73. The normalized spacial score (nSPS) is 27.2. The van der Waals surface area contributed by atoms with E-state index in [0.717, 1.165) is 36.3 Å². The molecule has 1 aromatic rings. The van der Waals surface area contributed by atoms with Gasteiger partial charge in [-0.25, -0.2) is 0 Å². The molecule has 4 heteroatoms. The first-order valence-corrected chi connectivity index (χ1v) is 5.96. The van der Waals surface area contributed by atoms with Gasteiger partial charge in [-0.1, -0.05) is 5.16 Å². The van der Waals surface area contributed by atoms with Gasteiger partial charge in [0.25, 0.3) is 0 Å². The predicted molar refractivity (Wildman–Crippen MR) is 61.2 cm³/mol. The fourth-order valence-corrected chi connectivity index (χ4v) is 2.65. The summed E-state index contributed by atoms with van der Waals surface area (Å²) in [5.74, 6) is 0.866. The molecule has 0 radical (unpaired) electrons. The van der Waals surface area contributed by atoms with Crippen molar-refractivity contribution in [3.8, 4) is 0 Å². The Bertz CT molecular complexity index is 342. The lowest BCUT2D eigenvalue weighted by atomic mass is 10.1. The number of nitrogens with one attached hydrogen (secondary N) is 1. The average molecular weight is 224 g/mol. The molecule has 0 spiro atoms. The number of hydrogen-bond donors (Lipinski definition) is 2. The van der Waals surface area contributed by atoms with Crippen molar-refractivity contribution in [2.45, 2.75) is 58.2 Å². The van der Waals surface area contributed by atoms with Crippen molar-refractivity contribution in [3.05, 3.63) is 17.0 Å². The zero-order valence-corrected chi connectivity index (χ0v) is 10.2. The first-order valence-electron chi connectivity index (χ1n) is 5.96. The van der Waals surface area contributed by atoms with E-state index >= 15 is 0 Å². The van der Waals surface area contributed by atoms with Gasteiger partial charge < -0.3 is 14.9 Å². The third-order valence-corrected chi connectivity index (χ3v) is 3.47. The quantitative estimate of drug-likeness (QED) is 0.822. The summed E-state index contributed by atoms with van der Waals surface area (Å²) in [6.07, 6.45) is 2.86. The van der Waals surface area contributed by atoms with Crippen LogP contribution in [0.4, 0.5) is 0 Å². The minimum atomic E-state index is -0.206. The van der Waals surface area contributed by atoms with E-state index in [4.69, 9.17) is 4.52 Å². The van der Waals surface area contributed by atoms with Gasteiger partial charge in [0, 0.05) is 17.6 Å². The Morgan fingerprint density at radius 1 is 1.44 bits per heavy atom. The number of hydrogen-bond acceptors (Lipinski definition) is 4. The van der Waals surface area contributed by atoms with Crippen LogP contribution in [0.25, 0.3) is 0 Å². The van der Waals surface area contributed by atoms with Gasteiger partial charge in [0.1, 0.15) is 5.76 Å². The molecule has 1 heterocycles. The topological polar surface area (TPSA) is 58.3 Å². The molecule has 1 aliphatic rings. The molecule has 0 aliphatic heterocycles. The van der Waals surface area contributed by atoms with Crippen molar-refractivity contribution < 1.29 is 9.63 Å². The zero-order chi connectivity index (χ0) is 11.7. The summed E-state index contributed by atoms with van der Waals surface area (Å²) < 4.78 is 5.16. The number of rotatable bonds is 3. The second kappa shape index (κ2) is 4.55. The summed E-state index contributed by atoms with van der Waals surface area (Å²) in [4.78, 5) is 0. The van der Waals surface area contributed by atoms with Crippen molar-refractivity contribution in [1.29, 1.82) is 0 Å². The van der Waals surface area contributed by atoms with Crippen LogP contribution in [0, 0.1) is 13.8 Å². The molecule has 16 heavy (non-hydrogen) atoms. The molecule has 0 bridgehead atoms. The van der Waals surface area contributed by atoms with Gasteiger partial charge in [0.2, 0.25) is 0 Å². The Hall–Kier alpha value is -0.870. The molecule has 1 fully saturated rings. The highest BCUT2D eigenvalue weighted by atomic mass is 16.5. The molecule has 1 aliphatic carbocycles. The van der Waals surface area contributed by atoms with Gasteiger partial charge in [-0.05, 0) is 40.0 Å². The van der Waals surface area contributed by atoms with Crippen molar-refractivity contribution in [2.75, 3.05) is 0 Å². The summed E-state index contributed by atoms with van der Waals surface area (Å²) in [7, 11) is 0. The van der Waals surface area contributed by atoms with Crippen molar-refractivity contribution in [2.24, 2.45) is 0 Å². The van der Waals surface area contributed by atoms with Crippen LogP contribution in [0.1, 0.15) is 49.2 Å². The smallest absolute Gasteiger partial charge is 0.138 e. The second-order valence-electron chi connectivity index (χ2n) is 4.73. The van der Waals surface area contributed by atoms with E-state index in [0.29, 0.717) is 0 Å². The van der Waals surface area contributed by atoms with Crippen LogP contribution in [0.15, 0.2) is 4.52 Å². The first kappa shape index (κ1) is 11.6. The molecule has 90 valence electrons. The number of aliphatic hydroxyl groups excluding tert-OH is 1. The Labute approximate surface area is 96.0 Å². The van der Waals surface area contributed by atoms with Crippen LogP contribution in [0.5, 0.6) is 0 Å². The molecule has 1 saturated carbocycles. The van der Waals surface area contributed by atoms with E-state index in [1.165, 1.54) is 0 Å². The summed E-state index contributed by atoms with van der Waals surface area (Å²) in [5.41, 5.74) is 2.06. The fraction of sp³-hybridized carbons (Fsp3) is 0.750. The molecular formula is C12H20N2O2. The lowest BCUT2D eigenvalue weighted by Crippen LogP contribution is -2.37. The van der Waals surface area contributed by atoms with E-state index in [2.05, 4.69) is 17.4 Å². The molecule has 0 amide bonds. The van der Waals surface area contributed by atoms with E-state index in [1.54, 1.807) is 0 Å². The van der Waals surface area contributed by atoms with Gasteiger partial charge in [0.05, 0.1) is 11.8 Å². The zero-order valence-electron chi connectivity index (χ0n) is 10.2. The minimum absolute atomic E-state index is 0.184. The third-order valence-electron chi connectivity index (χ3n) is 3.47. The molecule has 3 atom stereocenters. The maximum absolute atomic E-state index is 9.77. The molecular weight excluding hydrogens is 204 g/mol. The molecule has 2 rings (SSSR count). The van der Waals surface area contributed by atoms with Gasteiger partial charge in [-0.15, -0.1) is 0 Å². The van der Waals surface area contributed by atoms with Crippen molar-refractivity contribution >= 4 is 0 Å². The lowest BCUT2D eigenvalue weighted by Gasteiger charge is -2.22. The summed E-state index contributed by atoms with van der Waals surface area (Å²) in [6, 6.07) is 0.396. The molecule has 2 N–H and O–H groups in total. The highest BCUT2D eigenvalue weighted by Gasteiger charge is 2.28. The van der Waals surface area contributed by atoms with Crippen LogP contribution < -0.4 is 5.32 Å². The van der Waals surface area contributed by atoms with Crippen LogP contribution >= 0.6 is 0 Å². The maximum atomic E-state index is 9.77. The number of aromatic nitrogens is 1. The van der Waals surface area contributed by atoms with E-state index in [9.17, 15) is 5.11 Å². The van der Waals surface area contributed by atoms with Crippen molar-refractivity contribution in [3.63, 3.8) is 0 Å². The SMILES string of the molecule is Cc1noc(C)c1C(C)N[C@H]1CCC[C@@H]1O. The van der Waals surface area contributed by atoms with Gasteiger partial charge in [0.15, 0.2) is 0 Å². The Morgan fingerprint density at radius 3 is 2.69 bits per heavy atom. The third kappa shape index (κ3) is 2.13. The Kier molecular flexibility index (Phi) is 3.30. The summed E-state index contributed by atoms with van der Waals surface area (Å²) in [5, 5.41) is 17.2. The van der Waals surface area contributed by atoms with Crippen LogP contribution in [-0.2, 0) is 0 Å². The molecule has 0 saturated heterocycles. The van der Waals surface area contributed by atoms with Crippen LogP contribution in [0.3, 0.4) is 0 Å². The van der Waals surface area contributed by atoms with Crippen LogP contribution in [-0.4, -0.2) is 22.4 Å². The first-order chi connectivity index (χ1) is 7.59. The van der Waals surface area contributed by atoms with Gasteiger partial charge >= 0.3 is 0 Å². The standard InChI is InChI=1S/C12H20N2O2/c1-7(12-8(2)14-16-9(12)3)13-10-5-4-6-11(10)15/h7,10-11,13,15H,4-6H2,1-3H3/t7?,10-,11-/m0/s1. The van der Waals surface area contributed by atoms with E-state index < -0.39 is 0 Å². The largest absolute Gasteiger partial charge is 0.392 e. The summed E-state index contributed by atoms with van der Waals surface area (Å²) in [6.45, 7) is 5.98. The minimum Gasteiger partial charge on any atom is -0.392 e. The molecule has 4 nitrogen and oxygen atoms in total. The fourth-order valence-electron chi connectivity index (χ4n) is 2.65. The number of aryl methyl sites for hydroxylation is 2. The van der Waals surface area contributed by atoms with Crippen molar-refractivity contribution in [1.82, 2.24) is 10.5 Å². The molecule has 0 aromatic carbocycles. The average Bonchev–Trinajstić information content (AvgIpc) is 2.75. The predicted octanol–water partition coefficient (Wildman–Crippen LogP) is 1.86. The Morgan fingerprint density at radius 2 is 2.19 bits per heavy atom. The van der Waals surface area contributed by atoms with E-state index in [-0.39, 0.29) is 18.2 Å². The Balaban J connectivity index is 2.05. The van der Waals surface area contributed by atoms with Gasteiger partial charge in [-0.3, -0.25) is 0 Å². The highest BCUT2D eigenvalue weighted by Crippen LogP contribution is 2.25. The number of aliphatic hydroxyl groups is 1.